The Morgan fingerprint density at radius 3 is 2.62 bits per heavy atom. The zero-order valence-corrected chi connectivity index (χ0v) is 18.9. The third-order valence-corrected chi connectivity index (χ3v) is 7.60. The predicted octanol–water partition coefficient (Wildman–Crippen LogP) is 3.51. The van der Waals surface area contributed by atoms with Crippen molar-refractivity contribution in [2.75, 3.05) is 18.4 Å². The van der Waals surface area contributed by atoms with Gasteiger partial charge in [-0.25, -0.2) is 13.4 Å². The van der Waals surface area contributed by atoms with Gasteiger partial charge in [-0.15, -0.1) is 0 Å². The van der Waals surface area contributed by atoms with E-state index in [4.69, 9.17) is 0 Å². The molecule has 9 heteroatoms. The number of phenolic OH excluding ortho intramolecular Hbond substituents is 1. The number of aryl methyl sites for hydroxylation is 2. The summed E-state index contributed by atoms with van der Waals surface area (Å²) in [5.74, 6) is 0.537. The first kappa shape index (κ1) is 22.3. The summed E-state index contributed by atoms with van der Waals surface area (Å²) in [7, 11) is -3.51. The molecule has 2 heterocycles. The lowest BCUT2D eigenvalue weighted by Gasteiger charge is -2.15. The first-order valence-electron chi connectivity index (χ1n) is 11.0. The standard InChI is InChI=1S/C23H28N4O4S/c1-2-13-27-20-10-9-17(32(30,31)26-14-5-6-15-26)16-19(20)24-22(27)11-12-23(29)25-18-7-3-4-8-21(18)28/h3-4,7-10,16,28H,2,5-6,11-15H2,1H3,(H,25,29). The fraction of sp³-hybridized carbons (Fsp3) is 0.391. The molecule has 32 heavy (non-hydrogen) atoms. The number of para-hydroxylation sites is 2. The van der Waals surface area contributed by atoms with Gasteiger partial charge >= 0.3 is 0 Å². The number of hydrogen-bond acceptors (Lipinski definition) is 5. The van der Waals surface area contributed by atoms with Crippen LogP contribution in [0.5, 0.6) is 5.75 Å². The normalized spacial score (nSPS) is 14.8. The number of anilines is 1. The van der Waals surface area contributed by atoms with Gasteiger partial charge in [0.25, 0.3) is 0 Å². The molecule has 1 amide bonds. The van der Waals surface area contributed by atoms with Crippen molar-refractivity contribution in [1.29, 1.82) is 0 Å². The van der Waals surface area contributed by atoms with Crippen LogP contribution < -0.4 is 5.32 Å². The maximum atomic E-state index is 12.9. The van der Waals surface area contributed by atoms with Crippen molar-refractivity contribution < 1.29 is 18.3 Å². The molecule has 4 rings (SSSR count). The lowest BCUT2D eigenvalue weighted by molar-refractivity contribution is -0.116. The number of imidazole rings is 1. The Bertz CT molecular complexity index is 1230. The molecule has 0 radical (unpaired) electrons. The number of aromatic hydroxyl groups is 1. The Morgan fingerprint density at radius 2 is 1.91 bits per heavy atom. The number of amides is 1. The molecule has 0 aliphatic carbocycles. The monoisotopic (exact) mass is 456 g/mol. The first-order valence-corrected chi connectivity index (χ1v) is 12.4. The number of benzene rings is 2. The summed E-state index contributed by atoms with van der Waals surface area (Å²) < 4.78 is 29.4. The molecule has 2 aromatic carbocycles. The van der Waals surface area contributed by atoms with Gasteiger partial charge in [-0.05, 0) is 49.6 Å². The number of fused-ring (bicyclic) bond motifs is 1. The molecule has 3 aromatic rings. The third-order valence-electron chi connectivity index (χ3n) is 5.70. The quantitative estimate of drug-likeness (QED) is 0.505. The van der Waals surface area contributed by atoms with E-state index < -0.39 is 10.0 Å². The fourth-order valence-electron chi connectivity index (χ4n) is 4.08. The highest BCUT2D eigenvalue weighted by atomic mass is 32.2. The van der Waals surface area contributed by atoms with E-state index in [1.54, 1.807) is 30.3 Å². The number of carbonyl (C=O) groups excluding carboxylic acids is 1. The molecule has 0 spiro atoms. The van der Waals surface area contributed by atoms with Crippen LogP contribution in [0, 0.1) is 0 Å². The highest BCUT2D eigenvalue weighted by Crippen LogP contribution is 2.26. The molecule has 0 atom stereocenters. The van der Waals surface area contributed by atoms with Crippen LogP contribution in [-0.2, 0) is 27.8 Å². The van der Waals surface area contributed by atoms with E-state index in [2.05, 4.69) is 21.8 Å². The van der Waals surface area contributed by atoms with Gasteiger partial charge in [0.05, 0.1) is 21.6 Å². The minimum Gasteiger partial charge on any atom is -0.506 e. The van der Waals surface area contributed by atoms with Gasteiger partial charge in [0.1, 0.15) is 11.6 Å². The molecule has 0 bridgehead atoms. The van der Waals surface area contributed by atoms with Crippen molar-refractivity contribution in [3.05, 3.63) is 48.3 Å². The minimum absolute atomic E-state index is 0.0193. The molecule has 8 nitrogen and oxygen atoms in total. The molecule has 2 N–H and O–H groups in total. The van der Waals surface area contributed by atoms with E-state index in [0.29, 0.717) is 30.7 Å². The molecule has 0 saturated carbocycles. The minimum atomic E-state index is -3.51. The largest absolute Gasteiger partial charge is 0.506 e. The van der Waals surface area contributed by atoms with E-state index in [1.165, 1.54) is 10.4 Å². The number of rotatable bonds is 8. The lowest BCUT2D eigenvalue weighted by atomic mass is 10.2. The maximum absolute atomic E-state index is 12.9. The highest BCUT2D eigenvalue weighted by Gasteiger charge is 2.27. The molecule has 1 aliphatic heterocycles. The van der Waals surface area contributed by atoms with Crippen LogP contribution in [0.15, 0.2) is 47.4 Å². The van der Waals surface area contributed by atoms with Crippen molar-refractivity contribution in [2.45, 2.75) is 50.5 Å². The molecule has 1 aromatic heterocycles. The van der Waals surface area contributed by atoms with E-state index in [0.717, 1.165) is 37.1 Å². The average molecular weight is 457 g/mol. The number of carbonyl (C=O) groups is 1. The Morgan fingerprint density at radius 1 is 1.16 bits per heavy atom. The Balaban J connectivity index is 1.56. The SMILES string of the molecule is CCCn1c(CCC(=O)Nc2ccccc2O)nc2cc(S(=O)(=O)N3CCCC3)ccc21. The van der Waals surface area contributed by atoms with Crippen LogP contribution in [-0.4, -0.2) is 46.4 Å². The zero-order chi connectivity index (χ0) is 22.7. The number of hydrogen-bond donors (Lipinski definition) is 2. The van der Waals surface area contributed by atoms with Crippen molar-refractivity contribution in [3.63, 3.8) is 0 Å². The van der Waals surface area contributed by atoms with Gasteiger partial charge in [0.15, 0.2) is 0 Å². The molecular formula is C23H28N4O4S. The molecule has 170 valence electrons. The molecule has 1 fully saturated rings. The van der Waals surface area contributed by atoms with E-state index in [-0.39, 0.29) is 23.0 Å². The second-order valence-electron chi connectivity index (χ2n) is 8.01. The van der Waals surface area contributed by atoms with Crippen LogP contribution in [0.25, 0.3) is 11.0 Å². The van der Waals surface area contributed by atoms with E-state index in [9.17, 15) is 18.3 Å². The summed E-state index contributed by atoms with van der Waals surface area (Å²) in [6, 6.07) is 11.7. The highest BCUT2D eigenvalue weighted by molar-refractivity contribution is 7.89. The van der Waals surface area contributed by atoms with Crippen molar-refractivity contribution in [1.82, 2.24) is 13.9 Å². The second-order valence-corrected chi connectivity index (χ2v) is 9.94. The maximum Gasteiger partial charge on any atom is 0.243 e. The van der Waals surface area contributed by atoms with E-state index >= 15 is 0 Å². The number of nitrogens with one attached hydrogen (secondary N) is 1. The molecule has 0 unspecified atom stereocenters. The summed E-state index contributed by atoms with van der Waals surface area (Å²) in [6.45, 7) is 3.90. The first-order chi connectivity index (χ1) is 15.4. The van der Waals surface area contributed by atoms with Crippen LogP contribution in [0.3, 0.4) is 0 Å². The van der Waals surface area contributed by atoms with Crippen LogP contribution >= 0.6 is 0 Å². The Hall–Kier alpha value is -2.91. The smallest absolute Gasteiger partial charge is 0.243 e. The zero-order valence-electron chi connectivity index (χ0n) is 18.1. The Labute approximate surface area is 187 Å². The average Bonchev–Trinajstić information content (AvgIpc) is 3.43. The van der Waals surface area contributed by atoms with Crippen LogP contribution in [0.4, 0.5) is 5.69 Å². The van der Waals surface area contributed by atoms with Gasteiger partial charge in [-0.1, -0.05) is 19.1 Å². The van der Waals surface area contributed by atoms with Gasteiger partial charge in [0.2, 0.25) is 15.9 Å². The van der Waals surface area contributed by atoms with Crippen molar-refractivity contribution in [2.24, 2.45) is 0 Å². The summed E-state index contributed by atoms with van der Waals surface area (Å²) in [5.41, 5.74) is 1.86. The molecular weight excluding hydrogens is 428 g/mol. The summed E-state index contributed by atoms with van der Waals surface area (Å²) in [4.78, 5) is 17.4. The fourth-order valence-corrected chi connectivity index (χ4v) is 5.62. The number of aromatic nitrogens is 2. The van der Waals surface area contributed by atoms with Gasteiger partial charge < -0.3 is 15.0 Å². The Kier molecular flexibility index (Phi) is 6.48. The number of sulfonamides is 1. The second kappa shape index (κ2) is 9.30. The topological polar surface area (TPSA) is 105 Å². The van der Waals surface area contributed by atoms with Crippen LogP contribution in [0.1, 0.15) is 38.4 Å². The number of phenols is 1. The number of nitrogens with zero attached hydrogens (tertiary/aromatic N) is 3. The van der Waals surface area contributed by atoms with Crippen molar-refractivity contribution >= 4 is 32.7 Å². The van der Waals surface area contributed by atoms with Crippen molar-refractivity contribution in [3.8, 4) is 5.75 Å². The van der Waals surface area contributed by atoms with E-state index in [1.807, 2.05) is 6.07 Å². The summed E-state index contributed by atoms with van der Waals surface area (Å²) >= 11 is 0. The lowest BCUT2D eigenvalue weighted by Crippen LogP contribution is -2.27. The van der Waals surface area contributed by atoms with Crippen LogP contribution in [0.2, 0.25) is 0 Å². The predicted molar refractivity (Wildman–Crippen MR) is 123 cm³/mol. The molecule has 1 aliphatic rings. The van der Waals surface area contributed by atoms with Gasteiger partial charge in [-0.2, -0.15) is 4.31 Å². The third kappa shape index (κ3) is 4.49. The van der Waals surface area contributed by atoms with Gasteiger partial charge in [0, 0.05) is 32.5 Å². The summed E-state index contributed by atoms with van der Waals surface area (Å²) in [5, 5.41) is 12.6. The summed E-state index contributed by atoms with van der Waals surface area (Å²) in [6.07, 6.45) is 3.26. The van der Waals surface area contributed by atoms with Gasteiger partial charge in [-0.3, -0.25) is 4.79 Å². The molecule has 1 saturated heterocycles.